The van der Waals surface area contributed by atoms with Gasteiger partial charge < -0.3 is 19.8 Å². The summed E-state index contributed by atoms with van der Waals surface area (Å²) in [5.41, 5.74) is 1.69. The number of nitrogens with one attached hydrogen (secondary N) is 2. The summed E-state index contributed by atoms with van der Waals surface area (Å²) in [4.78, 5) is 6.70. The molecule has 1 atom stereocenters. The highest BCUT2D eigenvalue weighted by atomic mass is 19.4. The van der Waals surface area contributed by atoms with E-state index in [0.29, 0.717) is 24.6 Å². The molecule has 0 bridgehead atoms. The van der Waals surface area contributed by atoms with E-state index in [9.17, 15) is 13.2 Å². The Morgan fingerprint density at radius 2 is 1.84 bits per heavy atom. The zero-order chi connectivity index (χ0) is 22.1. The Hall–Kier alpha value is -2.52. The van der Waals surface area contributed by atoms with E-state index >= 15 is 0 Å². The van der Waals surface area contributed by atoms with Gasteiger partial charge in [0.25, 0.3) is 0 Å². The molecule has 0 amide bonds. The van der Waals surface area contributed by atoms with E-state index in [-0.39, 0.29) is 12.6 Å². The molecule has 1 aromatic heterocycles. The first-order valence-electron chi connectivity index (χ1n) is 10.4. The van der Waals surface area contributed by atoms with Gasteiger partial charge in [0.2, 0.25) is 0 Å². The lowest BCUT2D eigenvalue weighted by atomic mass is 10.1. The van der Waals surface area contributed by atoms with Crippen LogP contribution in [-0.4, -0.2) is 50.3 Å². The molecule has 2 N–H and O–H groups in total. The monoisotopic (exact) mass is 438 g/mol. The number of furan rings is 1. The lowest BCUT2D eigenvalue weighted by molar-refractivity contribution is -0.176. The maximum atomic E-state index is 12.2. The van der Waals surface area contributed by atoms with Crippen LogP contribution < -0.4 is 10.6 Å². The Morgan fingerprint density at radius 1 is 1.13 bits per heavy atom. The van der Waals surface area contributed by atoms with E-state index in [1.54, 1.807) is 25.4 Å². The minimum atomic E-state index is -4.31. The first kappa shape index (κ1) is 23.1. The summed E-state index contributed by atoms with van der Waals surface area (Å²) in [6.45, 7) is 2.01. The SMILES string of the molecule is CN=C(NCc1ccc(COCC(F)(F)F)cc1)NCC(c1ccco1)N1CCCC1. The molecule has 0 radical (unpaired) electrons. The maximum absolute atomic E-state index is 12.2. The van der Waals surface area contributed by atoms with Gasteiger partial charge in [0.15, 0.2) is 5.96 Å². The van der Waals surface area contributed by atoms with Crippen molar-refractivity contribution in [1.82, 2.24) is 15.5 Å². The van der Waals surface area contributed by atoms with Crippen molar-refractivity contribution in [1.29, 1.82) is 0 Å². The van der Waals surface area contributed by atoms with Crippen LogP contribution in [0.5, 0.6) is 0 Å². The minimum absolute atomic E-state index is 0.0683. The molecule has 9 heteroatoms. The second kappa shape index (κ2) is 11.2. The molecule has 1 aliphatic heterocycles. The molecule has 0 spiro atoms. The zero-order valence-corrected chi connectivity index (χ0v) is 17.6. The number of nitrogens with zero attached hydrogens (tertiary/aromatic N) is 2. The molecule has 2 aromatic rings. The Morgan fingerprint density at radius 3 is 2.45 bits per heavy atom. The summed E-state index contributed by atoms with van der Waals surface area (Å²) in [5.74, 6) is 1.61. The molecule has 0 saturated carbocycles. The normalized spacial score (nSPS) is 16.5. The molecular formula is C22H29F3N4O2. The molecule has 3 rings (SSSR count). The van der Waals surface area contributed by atoms with Gasteiger partial charge in [0.05, 0.1) is 18.9 Å². The van der Waals surface area contributed by atoms with Crippen LogP contribution in [-0.2, 0) is 17.9 Å². The molecule has 1 fully saturated rings. The number of hydrogen-bond acceptors (Lipinski definition) is 4. The molecule has 2 heterocycles. The first-order chi connectivity index (χ1) is 14.9. The van der Waals surface area contributed by atoms with Gasteiger partial charge in [-0.25, -0.2) is 0 Å². The lowest BCUT2D eigenvalue weighted by Crippen LogP contribution is -2.42. The van der Waals surface area contributed by atoms with Gasteiger partial charge in [0.1, 0.15) is 12.4 Å². The molecule has 6 nitrogen and oxygen atoms in total. The molecule has 31 heavy (non-hydrogen) atoms. The summed E-state index contributed by atoms with van der Waals surface area (Å²) in [6.07, 6.45) is -0.219. The van der Waals surface area contributed by atoms with Crippen LogP contribution in [0.1, 0.15) is 35.8 Å². The molecule has 1 saturated heterocycles. The van der Waals surface area contributed by atoms with Gasteiger partial charge in [0, 0.05) is 20.1 Å². The van der Waals surface area contributed by atoms with Gasteiger partial charge in [-0.15, -0.1) is 0 Å². The number of aliphatic imine (C=N–C) groups is 1. The summed E-state index contributed by atoms with van der Waals surface area (Å²) in [7, 11) is 1.72. The summed E-state index contributed by atoms with van der Waals surface area (Å²) < 4.78 is 46.8. The van der Waals surface area contributed by atoms with Crippen molar-refractivity contribution in [2.24, 2.45) is 4.99 Å². The third-order valence-corrected chi connectivity index (χ3v) is 5.16. The third kappa shape index (κ3) is 7.59. The van der Waals surface area contributed by atoms with Crippen LogP contribution in [0, 0.1) is 0 Å². The maximum Gasteiger partial charge on any atom is 0.411 e. The van der Waals surface area contributed by atoms with Gasteiger partial charge in [-0.05, 0) is 49.2 Å². The zero-order valence-electron chi connectivity index (χ0n) is 17.6. The first-order valence-corrected chi connectivity index (χ1v) is 10.4. The molecular weight excluding hydrogens is 409 g/mol. The van der Waals surface area contributed by atoms with Gasteiger partial charge >= 0.3 is 6.18 Å². The van der Waals surface area contributed by atoms with Crippen molar-refractivity contribution in [3.63, 3.8) is 0 Å². The van der Waals surface area contributed by atoms with Crippen LogP contribution in [0.15, 0.2) is 52.1 Å². The van der Waals surface area contributed by atoms with Crippen molar-refractivity contribution >= 4 is 5.96 Å². The quantitative estimate of drug-likeness (QED) is 0.460. The van der Waals surface area contributed by atoms with E-state index in [4.69, 9.17) is 4.42 Å². The fraction of sp³-hybridized carbons (Fsp3) is 0.500. The largest absolute Gasteiger partial charge is 0.468 e. The fourth-order valence-corrected chi connectivity index (χ4v) is 3.58. The Labute approximate surface area is 180 Å². The second-order valence-electron chi connectivity index (χ2n) is 7.51. The van der Waals surface area contributed by atoms with Crippen LogP contribution in [0.25, 0.3) is 0 Å². The molecule has 0 aliphatic carbocycles. The summed E-state index contributed by atoms with van der Waals surface area (Å²) >= 11 is 0. The van der Waals surface area contributed by atoms with Gasteiger partial charge in [-0.2, -0.15) is 13.2 Å². The van der Waals surface area contributed by atoms with E-state index in [1.807, 2.05) is 24.3 Å². The Balaban J connectivity index is 1.46. The van der Waals surface area contributed by atoms with Gasteiger partial charge in [-0.3, -0.25) is 9.89 Å². The number of alkyl halides is 3. The minimum Gasteiger partial charge on any atom is -0.468 e. The van der Waals surface area contributed by atoms with Gasteiger partial charge in [-0.1, -0.05) is 24.3 Å². The number of rotatable bonds is 9. The molecule has 1 aliphatic rings. The fourth-order valence-electron chi connectivity index (χ4n) is 3.58. The smallest absolute Gasteiger partial charge is 0.411 e. The van der Waals surface area contributed by atoms with E-state index in [0.717, 1.165) is 24.4 Å². The average molecular weight is 438 g/mol. The lowest BCUT2D eigenvalue weighted by Gasteiger charge is -2.26. The summed E-state index contributed by atoms with van der Waals surface area (Å²) in [6, 6.07) is 11.3. The van der Waals surface area contributed by atoms with Crippen molar-refractivity contribution in [2.45, 2.75) is 38.2 Å². The standard InChI is InChI=1S/C22H29F3N4O2/c1-26-21(28-14-19(20-5-4-12-31-20)29-10-2-3-11-29)27-13-17-6-8-18(9-7-17)15-30-16-22(23,24)25/h4-9,12,19H,2-3,10-11,13-16H2,1H3,(H2,26,27,28). The average Bonchev–Trinajstić information content (AvgIpc) is 3.45. The highest BCUT2D eigenvalue weighted by Gasteiger charge is 2.27. The topological polar surface area (TPSA) is 62.0 Å². The number of likely N-dealkylation sites (tertiary alicyclic amines) is 1. The van der Waals surface area contributed by atoms with Crippen molar-refractivity contribution in [3.05, 3.63) is 59.5 Å². The number of halogens is 3. The van der Waals surface area contributed by atoms with E-state index < -0.39 is 12.8 Å². The van der Waals surface area contributed by atoms with E-state index in [2.05, 4.69) is 25.3 Å². The van der Waals surface area contributed by atoms with Crippen molar-refractivity contribution in [3.8, 4) is 0 Å². The van der Waals surface area contributed by atoms with Crippen molar-refractivity contribution < 1.29 is 22.3 Å². The third-order valence-electron chi connectivity index (χ3n) is 5.16. The predicted octanol–water partition coefficient (Wildman–Crippen LogP) is 3.86. The molecule has 1 aromatic carbocycles. The highest BCUT2D eigenvalue weighted by molar-refractivity contribution is 5.79. The van der Waals surface area contributed by atoms with Crippen LogP contribution in [0.2, 0.25) is 0 Å². The van der Waals surface area contributed by atoms with Crippen LogP contribution in [0.4, 0.5) is 13.2 Å². The van der Waals surface area contributed by atoms with E-state index in [1.165, 1.54) is 12.8 Å². The van der Waals surface area contributed by atoms with Crippen molar-refractivity contribution in [2.75, 3.05) is 33.3 Å². The van der Waals surface area contributed by atoms with Crippen LogP contribution in [0.3, 0.4) is 0 Å². The molecule has 170 valence electrons. The second-order valence-corrected chi connectivity index (χ2v) is 7.51. The molecule has 1 unspecified atom stereocenters. The highest BCUT2D eigenvalue weighted by Crippen LogP contribution is 2.24. The number of hydrogen-bond donors (Lipinski definition) is 2. The predicted molar refractivity (Wildman–Crippen MR) is 113 cm³/mol. The number of ether oxygens (including phenoxy) is 1. The van der Waals surface area contributed by atoms with Crippen LogP contribution >= 0.6 is 0 Å². The number of benzene rings is 1. The Bertz CT molecular complexity index is 801. The Kier molecular flexibility index (Phi) is 8.36. The number of guanidine groups is 1. The summed E-state index contributed by atoms with van der Waals surface area (Å²) in [5, 5.41) is 6.64.